The second-order valence-corrected chi connectivity index (χ2v) is 10.0. The molecule has 1 aliphatic heterocycles. The van der Waals surface area contributed by atoms with E-state index in [0.717, 1.165) is 35.8 Å². The van der Waals surface area contributed by atoms with Gasteiger partial charge in [-0.3, -0.25) is 19.0 Å². The number of benzene rings is 1. The number of aromatic nitrogens is 3. The van der Waals surface area contributed by atoms with Crippen molar-refractivity contribution in [1.82, 2.24) is 24.4 Å². The summed E-state index contributed by atoms with van der Waals surface area (Å²) in [6.45, 7) is 4.99. The van der Waals surface area contributed by atoms with Gasteiger partial charge in [-0.15, -0.1) is 0 Å². The van der Waals surface area contributed by atoms with Crippen LogP contribution >= 0.6 is 0 Å². The standard InChI is InChI=1S/C27H31N5O4/c1-17(2)16-31-25-19(10-13-22(33)30-14-6-9-21(30)18-7-4-3-5-8-18)15-28-32(25)27(36)23(26(31)35)24(34)29-20-11-12-20/h3-5,7-8,10,13,15,17,20-21,35H,6,9,11-12,14,16H2,1-2H3,(H,29,34). The van der Waals surface area contributed by atoms with E-state index < -0.39 is 11.5 Å². The topological polar surface area (TPSA) is 109 Å². The number of nitrogens with one attached hydrogen (secondary N) is 1. The monoisotopic (exact) mass is 489 g/mol. The number of hydrogen-bond donors (Lipinski definition) is 2. The number of carbonyl (C=O) groups excluding carboxylic acids is 2. The van der Waals surface area contributed by atoms with Gasteiger partial charge in [0.05, 0.1) is 12.2 Å². The highest BCUT2D eigenvalue weighted by atomic mass is 16.3. The Morgan fingerprint density at radius 1 is 1.19 bits per heavy atom. The van der Waals surface area contributed by atoms with Gasteiger partial charge in [-0.05, 0) is 43.2 Å². The zero-order chi connectivity index (χ0) is 25.4. The van der Waals surface area contributed by atoms with Gasteiger partial charge in [-0.25, -0.2) is 0 Å². The second kappa shape index (κ2) is 9.64. The van der Waals surface area contributed by atoms with E-state index in [-0.39, 0.29) is 35.4 Å². The molecular weight excluding hydrogens is 458 g/mol. The van der Waals surface area contributed by atoms with E-state index in [1.165, 1.54) is 16.8 Å². The molecule has 1 atom stereocenters. The minimum absolute atomic E-state index is 0.0305. The van der Waals surface area contributed by atoms with Crippen LogP contribution in [-0.2, 0) is 11.3 Å². The summed E-state index contributed by atoms with van der Waals surface area (Å²) in [4.78, 5) is 40.9. The number of rotatable bonds is 7. The summed E-state index contributed by atoms with van der Waals surface area (Å²) in [5.41, 5.74) is 0.975. The Morgan fingerprint density at radius 3 is 2.64 bits per heavy atom. The van der Waals surface area contributed by atoms with E-state index in [9.17, 15) is 19.5 Å². The molecular formula is C27H31N5O4. The van der Waals surface area contributed by atoms with Gasteiger partial charge in [-0.2, -0.15) is 9.61 Å². The van der Waals surface area contributed by atoms with Crippen LogP contribution in [0.5, 0.6) is 5.88 Å². The Hall–Kier alpha value is -3.88. The van der Waals surface area contributed by atoms with Crippen LogP contribution < -0.4 is 10.9 Å². The lowest BCUT2D eigenvalue weighted by molar-refractivity contribution is -0.126. The quantitative estimate of drug-likeness (QED) is 0.496. The van der Waals surface area contributed by atoms with Gasteiger partial charge in [0.1, 0.15) is 5.65 Å². The average Bonchev–Trinajstić information content (AvgIpc) is 3.36. The second-order valence-electron chi connectivity index (χ2n) is 10.0. The summed E-state index contributed by atoms with van der Waals surface area (Å²) >= 11 is 0. The van der Waals surface area contributed by atoms with Crippen molar-refractivity contribution in [1.29, 1.82) is 0 Å². The molecule has 3 aromatic rings. The number of fused-ring (bicyclic) bond motifs is 1. The smallest absolute Gasteiger partial charge is 0.291 e. The maximum atomic E-state index is 13.2. The van der Waals surface area contributed by atoms with Crippen molar-refractivity contribution in [3.8, 4) is 5.88 Å². The molecule has 9 nitrogen and oxygen atoms in total. The molecule has 1 saturated heterocycles. The number of amides is 2. The minimum Gasteiger partial charge on any atom is -0.494 e. The molecule has 2 fully saturated rings. The highest BCUT2D eigenvalue weighted by molar-refractivity contribution is 5.97. The molecule has 0 spiro atoms. The SMILES string of the molecule is CC(C)Cn1c(O)c(C(=O)NC2CC2)c(=O)n2ncc(C=CC(=O)N3CCCC3c3ccccc3)c12. The highest BCUT2D eigenvalue weighted by Crippen LogP contribution is 2.32. The molecule has 1 unspecified atom stereocenters. The van der Waals surface area contributed by atoms with Crippen LogP contribution in [0.1, 0.15) is 67.1 Å². The lowest BCUT2D eigenvalue weighted by Gasteiger charge is -2.23. The molecule has 5 rings (SSSR count). The average molecular weight is 490 g/mol. The van der Waals surface area contributed by atoms with Crippen molar-refractivity contribution >= 4 is 23.5 Å². The Morgan fingerprint density at radius 2 is 1.94 bits per heavy atom. The van der Waals surface area contributed by atoms with Crippen LogP contribution in [0.15, 0.2) is 47.4 Å². The van der Waals surface area contributed by atoms with Crippen LogP contribution in [-0.4, -0.2) is 48.6 Å². The molecule has 1 saturated carbocycles. The summed E-state index contributed by atoms with van der Waals surface area (Å²) in [6, 6.07) is 10.1. The van der Waals surface area contributed by atoms with E-state index >= 15 is 0 Å². The third-order valence-electron chi connectivity index (χ3n) is 6.73. The fourth-order valence-electron chi connectivity index (χ4n) is 4.86. The molecule has 2 N–H and O–H groups in total. The van der Waals surface area contributed by atoms with E-state index in [1.54, 1.807) is 6.08 Å². The van der Waals surface area contributed by atoms with Crippen molar-refractivity contribution in [3.63, 3.8) is 0 Å². The lowest BCUT2D eigenvalue weighted by Crippen LogP contribution is -2.34. The van der Waals surface area contributed by atoms with Gasteiger partial charge in [0.15, 0.2) is 5.56 Å². The molecule has 1 aliphatic carbocycles. The van der Waals surface area contributed by atoms with Gasteiger partial charge >= 0.3 is 0 Å². The lowest BCUT2D eigenvalue weighted by atomic mass is 10.0. The van der Waals surface area contributed by atoms with Gasteiger partial charge in [-0.1, -0.05) is 44.2 Å². The predicted molar refractivity (Wildman–Crippen MR) is 136 cm³/mol. The van der Waals surface area contributed by atoms with Crippen LogP contribution in [0.25, 0.3) is 11.7 Å². The first kappa shape index (κ1) is 23.8. The first-order valence-corrected chi connectivity index (χ1v) is 12.5. The van der Waals surface area contributed by atoms with Crippen LogP contribution in [0, 0.1) is 5.92 Å². The molecule has 0 radical (unpaired) electrons. The number of carbonyl (C=O) groups is 2. The third kappa shape index (κ3) is 4.53. The maximum absolute atomic E-state index is 13.2. The van der Waals surface area contributed by atoms with Gasteiger partial charge in [0, 0.05) is 30.8 Å². The van der Waals surface area contributed by atoms with E-state index in [0.29, 0.717) is 24.3 Å². The van der Waals surface area contributed by atoms with Crippen LogP contribution in [0.2, 0.25) is 0 Å². The van der Waals surface area contributed by atoms with E-state index in [2.05, 4.69) is 10.4 Å². The van der Waals surface area contributed by atoms with Crippen LogP contribution in [0.3, 0.4) is 0 Å². The minimum atomic E-state index is -0.685. The van der Waals surface area contributed by atoms with Crippen molar-refractivity contribution in [2.24, 2.45) is 5.92 Å². The summed E-state index contributed by atoms with van der Waals surface area (Å²) < 4.78 is 2.67. The molecule has 0 bridgehead atoms. The summed E-state index contributed by atoms with van der Waals surface area (Å²) in [5.74, 6) is -0.984. The molecule has 2 aromatic heterocycles. The molecule has 9 heteroatoms. The molecule has 2 aliphatic rings. The maximum Gasteiger partial charge on any atom is 0.291 e. The molecule has 1 aromatic carbocycles. The highest BCUT2D eigenvalue weighted by Gasteiger charge is 2.31. The zero-order valence-corrected chi connectivity index (χ0v) is 20.6. The number of aromatic hydroxyl groups is 1. The first-order chi connectivity index (χ1) is 17.3. The predicted octanol–water partition coefficient (Wildman–Crippen LogP) is 3.13. The Labute approximate surface area is 209 Å². The van der Waals surface area contributed by atoms with E-state index in [1.807, 2.05) is 49.1 Å². The van der Waals surface area contributed by atoms with Crippen molar-refractivity contribution < 1.29 is 14.7 Å². The number of nitrogens with zero attached hydrogens (tertiary/aromatic N) is 4. The number of likely N-dealkylation sites (tertiary alicyclic amines) is 1. The Bertz CT molecular complexity index is 1380. The molecule has 2 amide bonds. The summed E-state index contributed by atoms with van der Waals surface area (Å²) in [6.07, 6.45) is 8.18. The van der Waals surface area contributed by atoms with Crippen LogP contribution in [0.4, 0.5) is 0 Å². The van der Waals surface area contributed by atoms with Crippen molar-refractivity contribution in [3.05, 3.63) is 69.6 Å². The molecule has 188 valence electrons. The Balaban J connectivity index is 1.50. The zero-order valence-electron chi connectivity index (χ0n) is 20.6. The fourth-order valence-corrected chi connectivity index (χ4v) is 4.86. The molecule has 3 heterocycles. The van der Waals surface area contributed by atoms with Gasteiger partial charge in [0.2, 0.25) is 11.8 Å². The fraction of sp³-hybridized carbons (Fsp3) is 0.407. The summed E-state index contributed by atoms with van der Waals surface area (Å²) in [7, 11) is 0. The normalized spacial score (nSPS) is 18.0. The van der Waals surface area contributed by atoms with Gasteiger partial charge < -0.3 is 15.3 Å². The largest absolute Gasteiger partial charge is 0.494 e. The first-order valence-electron chi connectivity index (χ1n) is 12.5. The molecule has 36 heavy (non-hydrogen) atoms. The summed E-state index contributed by atoms with van der Waals surface area (Å²) in [5, 5.41) is 18.0. The van der Waals surface area contributed by atoms with Gasteiger partial charge in [0.25, 0.3) is 11.5 Å². The third-order valence-corrected chi connectivity index (χ3v) is 6.73. The van der Waals surface area contributed by atoms with Crippen molar-refractivity contribution in [2.45, 2.75) is 58.2 Å². The van der Waals surface area contributed by atoms with Crippen molar-refractivity contribution in [2.75, 3.05) is 6.54 Å². The number of hydrogen-bond acceptors (Lipinski definition) is 5. The van der Waals surface area contributed by atoms with E-state index in [4.69, 9.17) is 0 Å². The Kier molecular flexibility index (Phi) is 6.38.